The first-order valence-corrected chi connectivity index (χ1v) is 8.69. The lowest BCUT2D eigenvalue weighted by Gasteiger charge is -2.19. The minimum Gasteiger partial charge on any atom is -0.497 e. The van der Waals surface area contributed by atoms with Crippen molar-refractivity contribution in [3.8, 4) is 5.75 Å². The molecule has 0 fully saturated rings. The zero-order valence-corrected chi connectivity index (χ0v) is 15.7. The molecule has 1 heterocycles. The summed E-state index contributed by atoms with van der Waals surface area (Å²) in [7, 11) is 3.38. The van der Waals surface area contributed by atoms with Gasteiger partial charge in [-0.1, -0.05) is 42.5 Å². The van der Waals surface area contributed by atoms with Crippen molar-refractivity contribution in [2.45, 2.75) is 13.1 Å². The van der Waals surface area contributed by atoms with E-state index < -0.39 is 4.92 Å². The molecular formula is C20H21N5O3. The van der Waals surface area contributed by atoms with Crippen LogP contribution in [0.3, 0.4) is 0 Å². The Morgan fingerprint density at radius 3 is 2.43 bits per heavy atom. The number of nitrogens with one attached hydrogen (secondary N) is 1. The topological polar surface area (TPSA) is 93.4 Å². The quantitative estimate of drug-likeness (QED) is 0.472. The van der Waals surface area contributed by atoms with Gasteiger partial charge in [0.2, 0.25) is 11.6 Å². The SMILES string of the molecule is COc1ccc(CNc2ncnc(N(C)Cc3ccccc3)c2[N+](=O)[O-])cc1. The van der Waals surface area contributed by atoms with Crippen molar-refractivity contribution >= 4 is 17.3 Å². The molecule has 0 saturated heterocycles. The molecule has 0 spiro atoms. The Morgan fingerprint density at radius 2 is 1.79 bits per heavy atom. The van der Waals surface area contributed by atoms with Crippen molar-refractivity contribution in [2.75, 3.05) is 24.4 Å². The van der Waals surface area contributed by atoms with Gasteiger partial charge in [0, 0.05) is 20.1 Å². The number of nitrogens with zero attached hydrogens (tertiary/aromatic N) is 4. The fourth-order valence-electron chi connectivity index (χ4n) is 2.81. The standard InChI is InChI=1S/C20H21N5O3/c1-24(13-16-6-4-3-5-7-16)20-18(25(26)27)19(22-14-23-20)21-12-15-8-10-17(28-2)11-9-15/h3-11,14H,12-13H2,1-2H3,(H,21,22,23). The van der Waals surface area contributed by atoms with E-state index in [-0.39, 0.29) is 17.3 Å². The third-order valence-electron chi connectivity index (χ3n) is 4.23. The Hall–Kier alpha value is -3.68. The van der Waals surface area contributed by atoms with Crippen LogP contribution in [0.25, 0.3) is 0 Å². The number of ether oxygens (including phenoxy) is 1. The lowest BCUT2D eigenvalue weighted by atomic mass is 10.2. The molecule has 0 aliphatic carbocycles. The highest BCUT2D eigenvalue weighted by atomic mass is 16.6. The van der Waals surface area contributed by atoms with E-state index in [0.29, 0.717) is 13.1 Å². The van der Waals surface area contributed by atoms with Crippen molar-refractivity contribution in [1.29, 1.82) is 0 Å². The van der Waals surface area contributed by atoms with Gasteiger partial charge >= 0.3 is 5.69 Å². The van der Waals surface area contributed by atoms with E-state index in [1.165, 1.54) is 6.33 Å². The van der Waals surface area contributed by atoms with Crippen LogP contribution in [-0.4, -0.2) is 29.0 Å². The first-order valence-electron chi connectivity index (χ1n) is 8.69. The monoisotopic (exact) mass is 379 g/mol. The molecular weight excluding hydrogens is 358 g/mol. The molecule has 144 valence electrons. The highest BCUT2D eigenvalue weighted by Crippen LogP contribution is 2.32. The summed E-state index contributed by atoms with van der Waals surface area (Å²) in [5.74, 6) is 1.20. The molecule has 0 atom stereocenters. The number of rotatable bonds is 8. The van der Waals surface area contributed by atoms with E-state index >= 15 is 0 Å². The number of aromatic nitrogens is 2. The van der Waals surface area contributed by atoms with Crippen molar-refractivity contribution in [2.24, 2.45) is 0 Å². The number of methoxy groups -OCH3 is 1. The van der Waals surface area contributed by atoms with Crippen LogP contribution < -0.4 is 15.0 Å². The van der Waals surface area contributed by atoms with Gasteiger partial charge in [0.1, 0.15) is 12.1 Å². The molecule has 8 heteroatoms. The van der Waals surface area contributed by atoms with Gasteiger partial charge in [-0.2, -0.15) is 0 Å². The molecule has 0 unspecified atom stereocenters. The first kappa shape index (κ1) is 19.1. The molecule has 8 nitrogen and oxygen atoms in total. The third-order valence-corrected chi connectivity index (χ3v) is 4.23. The lowest BCUT2D eigenvalue weighted by Crippen LogP contribution is -2.20. The summed E-state index contributed by atoms with van der Waals surface area (Å²) >= 11 is 0. The van der Waals surface area contributed by atoms with Gasteiger partial charge in [0.15, 0.2) is 0 Å². The van der Waals surface area contributed by atoms with Crippen LogP contribution in [0.1, 0.15) is 11.1 Å². The Labute approximate surface area is 163 Å². The smallest absolute Gasteiger partial charge is 0.353 e. The molecule has 0 bridgehead atoms. The largest absolute Gasteiger partial charge is 0.497 e. The van der Waals surface area contributed by atoms with E-state index in [1.54, 1.807) is 19.1 Å². The maximum atomic E-state index is 11.7. The van der Waals surface area contributed by atoms with Gasteiger partial charge < -0.3 is 15.0 Å². The summed E-state index contributed by atoms with van der Waals surface area (Å²) in [5.41, 5.74) is 1.84. The van der Waals surface area contributed by atoms with Crippen LogP contribution in [0.4, 0.5) is 17.3 Å². The van der Waals surface area contributed by atoms with Gasteiger partial charge in [-0.3, -0.25) is 10.1 Å². The van der Waals surface area contributed by atoms with Gasteiger partial charge in [-0.25, -0.2) is 9.97 Å². The molecule has 28 heavy (non-hydrogen) atoms. The van der Waals surface area contributed by atoms with Crippen LogP contribution in [0, 0.1) is 10.1 Å². The minimum atomic E-state index is -0.451. The Bertz CT molecular complexity index is 932. The normalized spacial score (nSPS) is 10.4. The van der Waals surface area contributed by atoms with E-state index in [9.17, 15) is 10.1 Å². The van der Waals surface area contributed by atoms with Crippen LogP contribution >= 0.6 is 0 Å². The van der Waals surface area contributed by atoms with E-state index in [1.807, 2.05) is 54.6 Å². The van der Waals surface area contributed by atoms with Gasteiger partial charge in [0.05, 0.1) is 12.0 Å². The maximum absolute atomic E-state index is 11.7. The predicted molar refractivity (Wildman–Crippen MR) is 108 cm³/mol. The molecule has 2 aromatic carbocycles. The van der Waals surface area contributed by atoms with E-state index in [2.05, 4.69) is 15.3 Å². The molecule has 0 saturated carbocycles. The fourth-order valence-corrected chi connectivity index (χ4v) is 2.81. The maximum Gasteiger partial charge on any atom is 0.353 e. The molecule has 0 aliphatic heterocycles. The number of hydrogen-bond donors (Lipinski definition) is 1. The van der Waals surface area contributed by atoms with Crippen LogP contribution in [0.15, 0.2) is 60.9 Å². The molecule has 1 aromatic heterocycles. The van der Waals surface area contributed by atoms with E-state index in [0.717, 1.165) is 16.9 Å². The van der Waals surface area contributed by atoms with Crippen LogP contribution in [0.5, 0.6) is 5.75 Å². The second kappa shape index (κ2) is 8.81. The molecule has 0 aliphatic rings. The Balaban J connectivity index is 1.81. The molecule has 0 amide bonds. The van der Waals surface area contributed by atoms with Gasteiger partial charge in [-0.05, 0) is 23.3 Å². The highest BCUT2D eigenvalue weighted by molar-refractivity contribution is 5.70. The van der Waals surface area contributed by atoms with Crippen molar-refractivity contribution in [3.05, 3.63) is 82.2 Å². The second-order valence-electron chi connectivity index (χ2n) is 6.19. The van der Waals surface area contributed by atoms with Crippen LogP contribution in [0.2, 0.25) is 0 Å². The zero-order chi connectivity index (χ0) is 19.9. The molecule has 3 aromatic rings. The number of anilines is 2. The summed E-state index contributed by atoms with van der Waals surface area (Å²) in [6.45, 7) is 0.889. The van der Waals surface area contributed by atoms with E-state index in [4.69, 9.17) is 4.74 Å². The lowest BCUT2D eigenvalue weighted by molar-refractivity contribution is -0.383. The Morgan fingerprint density at radius 1 is 1.07 bits per heavy atom. The van der Waals surface area contributed by atoms with Gasteiger partial charge in [0.25, 0.3) is 0 Å². The average molecular weight is 379 g/mol. The summed E-state index contributed by atoms with van der Waals surface area (Å²) in [6.07, 6.45) is 1.33. The molecule has 3 rings (SSSR count). The van der Waals surface area contributed by atoms with Crippen LogP contribution in [-0.2, 0) is 13.1 Å². The molecule has 1 N–H and O–H groups in total. The Kier molecular flexibility index (Phi) is 6.01. The molecule has 0 radical (unpaired) electrons. The van der Waals surface area contributed by atoms with Gasteiger partial charge in [-0.15, -0.1) is 0 Å². The number of nitro groups is 1. The van der Waals surface area contributed by atoms with Crippen molar-refractivity contribution in [3.63, 3.8) is 0 Å². The fraction of sp³-hybridized carbons (Fsp3) is 0.200. The zero-order valence-electron chi connectivity index (χ0n) is 15.7. The van der Waals surface area contributed by atoms with Crippen molar-refractivity contribution in [1.82, 2.24) is 9.97 Å². The van der Waals surface area contributed by atoms with Crippen molar-refractivity contribution < 1.29 is 9.66 Å². The highest BCUT2D eigenvalue weighted by Gasteiger charge is 2.25. The average Bonchev–Trinajstić information content (AvgIpc) is 2.72. The summed E-state index contributed by atoms with van der Waals surface area (Å²) in [6, 6.07) is 17.2. The predicted octanol–water partition coefficient (Wildman–Crippen LogP) is 3.64. The summed E-state index contributed by atoms with van der Waals surface area (Å²) in [4.78, 5) is 21.3. The summed E-state index contributed by atoms with van der Waals surface area (Å²) in [5, 5.41) is 14.8. The minimum absolute atomic E-state index is 0.144. The third kappa shape index (κ3) is 4.53. The second-order valence-corrected chi connectivity index (χ2v) is 6.19. The first-order chi connectivity index (χ1) is 13.6. The number of benzene rings is 2. The number of hydrogen-bond acceptors (Lipinski definition) is 7. The summed E-state index contributed by atoms with van der Waals surface area (Å²) < 4.78 is 5.14.